The molecule has 1 aliphatic heterocycles. The van der Waals surface area contributed by atoms with E-state index in [-0.39, 0.29) is 5.91 Å². The Morgan fingerprint density at radius 2 is 2.23 bits per heavy atom. The first-order valence-corrected chi connectivity index (χ1v) is 8.23. The lowest BCUT2D eigenvalue weighted by atomic mass is 9.97. The smallest absolute Gasteiger partial charge is 0.253 e. The van der Waals surface area contributed by atoms with Crippen LogP contribution in [0.5, 0.6) is 0 Å². The van der Waals surface area contributed by atoms with Crippen LogP contribution in [0.15, 0.2) is 24.3 Å². The van der Waals surface area contributed by atoms with Gasteiger partial charge in [-0.25, -0.2) is 0 Å². The van der Waals surface area contributed by atoms with Gasteiger partial charge in [-0.2, -0.15) is 0 Å². The highest BCUT2D eigenvalue weighted by molar-refractivity contribution is 5.94. The Morgan fingerprint density at radius 3 is 2.91 bits per heavy atom. The summed E-state index contributed by atoms with van der Waals surface area (Å²) in [6.45, 7) is 8.18. The monoisotopic (exact) mass is 304 g/mol. The van der Waals surface area contributed by atoms with E-state index in [4.69, 9.17) is 0 Å². The van der Waals surface area contributed by atoms with Gasteiger partial charge in [0.05, 0.1) is 5.60 Å². The number of rotatable bonds is 5. The van der Waals surface area contributed by atoms with Gasteiger partial charge in [0.1, 0.15) is 0 Å². The van der Waals surface area contributed by atoms with E-state index in [0.717, 1.165) is 43.6 Å². The number of hydrogen-bond acceptors (Lipinski definition) is 3. The fourth-order valence-electron chi connectivity index (χ4n) is 2.78. The lowest BCUT2D eigenvalue weighted by molar-refractivity contribution is 0.0701. The van der Waals surface area contributed by atoms with Crippen LogP contribution in [-0.2, 0) is 6.42 Å². The molecule has 1 aromatic carbocycles. The minimum atomic E-state index is -0.674. The molecule has 4 nitrogen and oxygen atoms in total. The summed E-state index contributed by atoms with van der Waals surface area (Å²) >= 11 is 0. The minimum Gasteiger partial charge on any atom is -0.390 e. The van der Waals surface area contributed by atoms with E-state index in [9.17, 15) is 9.90 Å². The molecule has 1 saturated heterocycles. The Labute approximate surface area is 133 Å². The number of carbonyl (C=O) groups is 1. The number of aryl methyl sites for hydroxylation is 1. The third-order valence-corrected chi connectivity index (χ3v) is 4.23. The van der Waals surface area contributed by atoms with Crippen molar-refractivity contribution < 1.29 is 9.90 Å². The first kappa shape index (κ1) is 17.0. The summed E-state index contributed by atoms with van der Waals surface area (Å²) in [5, 5.41) is 13.3. The molecule has 122 valence electrons. The van der Waals surface area contributed by atoms with Crippen LogP contribution in [0.25, 0.3) is 0 Å². The van der Waals surface area contributed by atoms with Crippen LogP contribution in [0, 0.1) is 0 Å². The number of nitrogens with one attached hydrogen (secondary N) is 1. The lowest BCUT2D eigenvalue weighted by Crippen LogP contribution is -2.52. The van der Waals surface area contributed by atoms with Crippen LogP contribution in [-0.4, -0.2) is 47.2 Å². The fraction of sp³-hybridized carbons (Fsp3) is 0.611. The number of benzene rings is 1. The molecule has 1 unspecified atom stereocenters. The Kier molecular flexibility index (Phi) is 5.59. The van der Waals surface area contributed by atoms with Crippen molar-refractivity contribution in [2.45, 2.75) is 51.7 Å². The van der Waals surface area contributed by atoms with Crippen molar-refractivity contribution in [3.05, 3.63) is 35.4 Å². The van der Waals surface area contributed by atoms with Crippen molar-refractivity contribution in [1.29, 1.82) is 0 Å². The minimum absolute atomic E-state index is 0.116. The third-order valence-electron chi connectivity index (χ3n) is 4.23. The van der Waals surface area contributed by atoms with Crippen LogP contribution < -0.4 is 5.32 Å². The maximum Gasteiger partial charge on any atom is 0.253 e. The molecule has 22 heavy (non-hydrogen) atoms. The lowest BCUT2D eigenvalue weighted by Gasteiger charge is -2.33. The summed E-state index contributed by atoms with van der Waals surface area (Å²) in [5.41, 5.74) is 1.19. The largest absolute Gasteiger partial charge is 0.390 e. The average molecular weight is 304 g/mol. The molecule has 1 atom stereocenters. The zero-order valence-corrected chi connectivity index (χ0v) is 13.9. The first-order valence-electron chi connectivity index (χ1n) is 8.23. The predicted molar refractivity (Wildman–Crippen MR) is 89.0 cm³/mol. The molecule has 0 aliphatic carbocycles. The number of carbonyl (C=O) groups excluding carboxylic acids is 1. The Morgan fingerprint density at radius 1 is 1.45 bits per heavy atom. The summed E-state index contributed by atoms with van der Waals surface area (Å²) in [7, 11) is 0. The van der Waals surface area contributed by atoms with Gasteiger partial charge < -0.3 is 15.3 Å². The van der Waals surface area contributed by atoms with Gasteiger partial charge in [-0.1, -0.05) is 19.1 Å². The van der Waals surface area contributed by atoms with Crippen molar-refractivity contribution in [2.75, 3.05) is 19.6 Å². The van der Waals surface area contributed by atoms with Crippen LogP contribution >= 0.6 is 0 Å². The molecule has 0 radical (unpaired) electrons. The SMILES string of the molecule is CCC1CN(C(=O)c2cccc(CCC(C)(C)O)c2)CCN1. The summed E-state index contributed by atoms with van der Waals surface area (Å²) in [4.78, 5) is 14.6. The molecule has 4 heteroatoms. The molecular formula is C18H28N2O2. The van der Waals surface area contributed by atoms with Gasteiger partial charge in [-0.15, -0.1) is 0 Å². The van der Waals surface area contributed by atoms with Crippen LogP contribution in [0.1, 0.15) is 49.5 Å². The van der Waals surface area contributed by atoms with E-state index in [0.29, 0.717) is 12.5 Å². The quantitative estimate of drug-likeness (QED) is 0.877. The van der Waals surface area contributed by atoms with Crippen molar-refractivity contribution in [3.8, 4) is 0 Å². The highest BCUT2D eigenvalue weighted by Crippen LogP contribution is 2.16. The highest BCUT2D eigenvalue weighted by Gasteiger charge is 2.23. The number of piperazine rings is 1. The van der Waals surface area contributed by atoms with Crippen LogP contribution in [0.2, 0.25) is 0 Å². The van der Waals surface area contributed by atoms with E-state index in [2.05, 4.69) is 12.2 Å². The van der Waals surface area contributed by atoms with Gasteiger partial charge >= 0.3 is 0 Å². The van der Waals surface area contributed by atoms with E-state index >= 15 is 0 Å². The molecule has 1 aliphatic rings. The number of aliphatic hydroxyl groups is 1. The number of nitrogens with zero attached hydrogens (tertiary/aromatic N) is 1. The second-order valence-corrected chi connectivity index (χ2v) is 6.82. The average Bonchev–Trinajstić information content (AvgIpc) is 2.52. The maximum atomic E-state index is 12.7. The fourth-order valence-corrected chi connectivity index (χ4v) is 2.78. The summed E-state index contributed by atoms with van der Waals surface area (Å²) in [6, 6.07) is 8.22. The number of amides is 1. The van der Waals surface area contributed by atoms with Gasteiger partial charge in [-0.3, -0.25) is 4.79 Å². The second kappa shape index (κ2) is 7.25. The standard InChI is InChI=1S/C18H28N2O2/c1-4-16-13-20(11-10-19-16)17(21)15-7-5-6-14(12-15)8-9-18(2,3)22/h5-7,12,16,19,22H,4,8-11,13H2,1-3H3. The summed E-state index contributed by atoms with van der Waals surface area (Å²) < 4.78 is 0. The predicted octanol–water partition coefficient (Wildman–Crippen LogP) is 2.21. The molecule has 0 bridgehead atoms. The van der Waals surface area contributed by atoms with E-state index in [1.54, 1.807) is 0 Å². The molecule has 2 rings (SSSR count). The van der Waals surface area contributed by atoms with E-state index in [1.807, 2.05) is 43.0 Å². The zero-order chi connectivity index (χ0) is 16.2. The molecule has 0 saturated carbocycles. The molecule has 1 aromatic rings. The van der Waals surface area contributed by atoms with Crippen LogP contribution in [0.4, 0.5) is 0 Å². The van der Waals surface area contributed by atoms with Gasteiger partial charge in [0.15, 0.2) is 0 Å². The van der Waals surface area contributed by atoms with Gasteiger partial charge in [0.2, 0.25) is 0 Å². The van der Waals surface area contributed by atoms with Crippen molar-refractivity contribution in [2.24, 2.45) is 0 Å². The molecular weight excluding hydrogens is 276 g/mol. The molecule has 0 aromatic heterocycles. The van der Waals surface area contributed by atoms with E-state index in [1.165, 1.54) is 0 Å². The van der Waals surface area contributed by atoms with Crippen molar-refractivity contribution >= 4 is 5.91 Å². The zero-order valence-electron chi connectivity index (χ0n) is 13.9. The molecule has 2 N–H and O–H groups in total. The Hall–Kier alpha value is -1.39. The number of hydrogen-bond donors (Lipinski definition) is 2. The molecule has 1 amide bonds. The van der Waals surface area contributed by atoms with Gasteiger partial charge in [0, 0.05) is 31.2 Å². The first-order chi connectivity index (χ1) is 10.4. The molecule has 0 spiro atoms. The van der Waals surface area contributed by atoms with Crippen molar-refractivity contribution in [1.82, 2.24) is 10.2 Å². The Bertz CT molecular complexity index is 508. The third kappa shape index (κ3) is 4.82. The Balaban J connectivity index is 2.03. The van der Waals surface area contributed by atoms with Crippen molar-refractivity contribution in [3.63, 3.8) is 0 Å². The summed E-state index contributed by atoms with van der Waals surface area (Å²) in [6.07, 6.45) is 2.51. The van der Waals surface area contributed by atoms with Crippen LogP contribution in [0.3, 0.4) is 0 Å². The normalized spacial score (nSPS) is 19.3. The highest BCUT2D eigenvalue weighted by atomic mass is 16.3. The summed E-state index contributed by atoms with van der Waals surface area (Å²) in [5.74, 6) is 0.116. The molecule has 1 fully saturated rings. The van der Waals surface area contributed by atoms with E-state index < -0.39 is 5.60 Å². The maximum absolute atomic E-state index is 12.7. The van der Waals surface area contributed by atoms with Gasteiger partial charge in [-0.05, 0) is 50.8 Å². The van der Waals surface area contributed by atoms with Gasteiger partial charge in [0.25, 0.3) is 5.91 Å². The molecule has 1 heterocycles. The topological polar surface area (TPSA) is 52.6 Å². The second-order valence-electron chi connectivity index (χ2n) is 6.82.